The number of aliphatic hydroxyl groups is 1. The second-order valence-electron chi connectivity index (χ2n) is 7.39. The van der Waals surface area contributed by atoms with Crippen molar-refractivity contribution in [1.82, 2.24) is 9.80 Å². The number of ketones is 1. The van der Waals surface area contributed by atoms with Crippen molar-refractivity contribution < 1.29 is 28.6 Å². The molecule has 0 aromatic heterocycles. The summed E-state index contributed by atoms with van der Waals surface area (Å²) in [6, 6.07) is 9.33. The maximum Gasteiger partial charge on any atom is 0.295 e. The number of likely N-dealkylation sites (tertiary alicyclic amines) is 1. The maximum absolute atomic E-state index is 13.4. The standard InChI is InChI=1S/C23H25FN2O5/c1-25(2)12-13-26-19(16-6-5-7-17(30-3)22(16)31-4)18(21(28)23(26)29)20(27)14-8-10-15(24)11-9-14/h5-11,19,27H,12-13H2,1-4H3/b20-18-. The van der Waals surface area contributed by atoms with Crippen LogP contribution < -0.4 is 9.47 Å². The van der Waals surface area contributed by atoms with E-state index in [9.17, 15) is 19.1 Å². The largest absolute Gasteiger partial charge is 0.507 e. The molecule has 2 aromatic carbocycles. The molecule has 164 valence electrons. The van der Waals surface area contributed by atoms with Crippen LogP contribution in [0, 0.1) is 5.82 Å². The van der Waals surface area contributed by atoms with Crippen molar-refractivity contribution in [3.05, 3.63) is 65.0 Å². The summed E-state index contributed by atoms with van der Waals surface area (Å²) in [7, 11) is 6.67. The van der Waals surface area contributed by atoms with Crippen molar-refractivity contribution in [1.29, 1.82) is 0 Å². The number of benzene rings is 2. The van der Waals surface area contributed by atoms with E-state index in [0.717, 1.165) is 0 Å². The zero-order valence-corrected chi connectivity index (χ0v) is 17.9. The quantitative estimate of drug-likeness (QED) is 0.415. The van der Waals surface area contributed by atoms with Crippen LogP contribution in [0.1, 0.15) is 17.2 Å². The van der Waals surface area contributed by atoms with Crippen molar-refractivity contribution in [2.24, 2.45) is 0 Å². The SMILES string of the molecule is COc1cccc(C2/C(=C(/O)c3ccc(F)cc3)C(=O)C(=O)N2CCN(C)C)c1OC. The molecule has 0 bridgehead atoms. The van der Waals surface area contributed by atoms with Gasteiger partial charge in [-0.15, -0.1) is 0 Å². The van der Waals surface area contributed by atoms with Gasteiger partial charge < -0.3 is 24.4 Å². The van der Waals surface area contributed by atoms with Crippen molar-refractivity contribution >= 4 is 17.4 Å². The van der Waals surface area contributed by atoms with Gasteiger partial charge in [-0.1, -0.05) is 12.1 Å². The number of methoxy groups -OCH3 is 2. The fraction of sp³-hybridized carbons (Fsp3) is 0.304. The van der Waals surface area contributed by atoms with Crippen LogP contribution in [-0.4, -0.2) is 68.0 Å². The Hall–Kier alpha value is -3.39. The number of amides is 1. The van der Waals surface area contributed by atoms with Gasteiger partial charge in [0.15, 0.2) is 11.5 Å². The molecular formula is C23H25FN2O5. The van der Waals surface area contributed by atoms with Gasteiger partial charge in [-0.2, -0.15) is 0 Å². The minimum Gasteiger partial charge on any atom is -0.507 e. The predicted octanol–water partition coefficient (Wildman–Crippen LogP) is 2.83. The molecule has 0 aliphatic carbocycles. The highest BCUT2D eigenvalue weighted by molar-refractivity contribution is 6.46. The number of hydrogen-bond acceptors (Lipinski definition) is 6. The zero-order valence-electron chi connectivity index (χ0n) is 17.9. The Morgan fingerprint density at radius 1 is 1.10 bits per heavy atom. The number of hydrogen-bond donors (Lipinski definition) is 1. The van der Waals surface area contributed by atoms with E-state index in [1.807, 2.05) is 19.0 Å². The summed E-state index contributed by atoms with van der Waals surface area (Å²) in [6.07, 6.45) is 0. The number of aliphatic hydroxyl groups excluding tert-OH is 1. The Kier molecular flexibility index (Phi) is 6.60. The van der Waals surface area contributed by atoms with Gasteiger partial charge in [0.2, 0.25) is 0 Å². The van der Waals surface area contributed by atoms with Crippen LogP contribution >= 0.6 is 0 Å². The summed E-state index contributed by atoms with van der Waals surface area (Å²) < 4.78 is 24.3. The Labute approximate surface area is 180 Å². The molecule has 2 aromatic rings. The molecule has 0 saturated carbocycles. The minimum atomic E-state index is -0.893. The van der Waals surface area contributed by atoms with Crippen LogP contribution in [0.2, 0.25) is 0 Å². The smallest absolute Gasteiger partial charge is 0.295 e. The molecule has 1 aliphatic rings. The van der Waals surface area contributed by atoms with Gasteiger partial charge in [0.05, 0.1) is 25.8 Å². The third-order valence-electron chi connectivity index (χ3n) is 5.17. The lowest BCUT2D eigenvalue weighted by Crippen LogP contribution is -2.35. The van der Waals surface area contributed by atoms with Gasteiger partial charge in [0, 0.05) is 24.2 Å². The molecule has 1 saturated heterocycles. The lowest BCUT2D eigenvalue weighted by Gasteiger charge is -2.28. The van der Waals surface area contributed by atoms with Crippen molar-refractivity contribution in [2.45, 2.75) is 6.04 Å². The molecule has 1 N–H and O–H groups in total. The Morgan fingerprint density at radius 3 is 2.35 bits per heavy atom. The van der Waals surface area contributed by atoms with E-state index in [2.05, 4.69) is 0 Å². The number of nitrogens with zero attached hydrogens (tertiary/aromatic N) is 2. The second-order valence-corrected chi connectivity index (χ2v) is 7.39. The van der Waals surface area contributed by atoms with E-state index < -0.39 is 23.5 Å². The Balaban J connectivity index is 2.23. The second kappa shape index (κ2) is 9.18. The van der Waals surface area contributed by atoms with Gasteiger partial charge in [-0.3, -0.25) is 9.59 Å². The normalized spacial score (nSPS) is 18.0. The van der Waals surface area contributed by atoms with Crippen molar-refractivity contribution in [3.63, 3.8) is 0 Å². The Bertz CT molecular complexity index is 1020. The van der Waals surface area contributed by atoms with Crippen LogP contribution in [0.15, 0.2) is 48.0 Å². The van der Waals surface area contributed by atoms with Crippen molar-refractivity contribution in [2.75, 3.05) is 41.4 Å². The topological polar surface area (TPSA) is 79.3 Å². The third-order valence-corrected chi connectivity index (χ3v) is 5.17. The molecule has 3 rings (SSSR count). The van der Waals surface area contributed by atoms with Gasteiger partial charge in [0.25, 0.3) is 11.7 Å². The molecule has 1 amide bonds. The zero-order chi connectivity index (χ0) is 22.7. The lowest BCUT2D eigenvalue weighted by molar-refractivity contribution is -0.140. The summed E-state index contributed by atoms with van der Waals surface area (Å²) in [4.78, 5) is 29.2. The van der Waals surface area contributed by atoms with Crippen LogP contribution in [0.4, 0.5) is 4.39 Å². The van der Waals surface area contributed by atoms with Gasteiger partial charge >= 0.3 is 0 Å². The maximum atomic E-state index is 13.4. The molecule has 0 radical (unpaired) electrons. The number of para-hydroxylation sites is 1. The Morgan fingerprint density at radius 2 is 1.77 bits per heavy atom. The third kappa shape index (κ3) is 4.25. The summed E-state index contributed by atoms with van der Waals surface area (Å²) in [5.41, 5.74) is 0.657. The average Bonchev–Trinajstić information content (AvgIpc) is 3.01. The van der Waals surface area contributed by atoms with Gasteiger partial charge in [-0.25, -0.2) is 4.39 Å². The number of carbonyl (C=O) groups excluding carboxylic acids is 2. The number of likely N-dealkylation sites (N-methyl/N-ethyl adjacent to an activating group) is 1. The summed E-state index contributed by atoms with van der Waals surface area (Å²) in [5.74, 6) is -1.60. The minimum absolute atomic E-state index is 0.0816. The first kappa shape index (κ1) is 22.3. The first-order valence-electron chi connectivity index (χ1n) is 9.70. The first-order chi connectivity index (χ1) is 14.8. The number of halogens is 1. The van der Waals surface area contributed by atoms with E-state index >= 15 is 0 Å². The molecule has 31 heavy (non-hydrogen) atoms. The highest BCUT2D eigenvalue weighted by atomic mass is 19.1. The summed E-state index contributed by atoms with van der Waals surface area (Å²) in [6.45, 7) is 0.759. The lowest BCUT2D eigenvalue weighted by atomic mass is 9.94. The van der Waals surface area contributed by atoms with E-state index in [0.29, 0.717) is 23.6 Å². The van der Waals surface area contributed by atoms with Gasteiger partial charge in [0.1, 0.15) is 11.6 Å². The number of rotatable bonds is 7. The molecule has 1 fully saturated rings. The van der Waals surface area contributed by atoms with E-state index in [1.54, 1.807) is 18.2 Å². The predicted molar refractivity (Wildman–Crippen MR) is 114 cm³/mol. The van der Waals surface area contributed by atoms with Crippen LogP contribution in [0.3, 0.4) is 0 Å². The fourth-order valence-electron chi connectivity index (χ4n) is 3.63. The van der Waals surface area contributed by atoms with Crippen LogP contribution in [0.5, 0.6) is 11.5 Å². The molecule has 1 heterocycles. The van der Waals surface area contributed by atoms with Crippen molar-refractivity contribution in [3.8, 4) is 11.5 Å². The average molecular weight is 428 g/mol. The summed E-state index contributed by atoms with van der Waals surface area (Å²) in [5, 5.41) is 11.0. The van der Waals surface area contributed by atoms with E-state index in [1.165, 1.54) is 43.4 Å². The summed E-state index contributed by atoms with van der Waals surface area (Å²) >= 11 is 0. The molecule has 1 atom stereocenters. The molecule has 0 spiro atoms. The number of Topliss-reactive ketones (excluding diaryl/α,β-unsaturated/α-hetero) is 1. The van der Waals surface area contributed by atoms with E-state index in [-0.39, 0.29) is 23.4 Å². The highest BCUT2D eigenvalue weighted by Crippen LogP contribution is 2.45. The van der Waals surface area contributed by atoms with Gasteiger partial charge in [-0.05, 0) is 44.4 Å². The highest BCUT2D eigenvalue weighted by Gasteiger charge is 2.47. The molecule has 8 heteroatoms. The molecular weight excluding hydrogens is 403 g/mol. The number of ether oxygens (including phenoxy) is 2. The number of carbonyl (C=O) groups is 2. The van der Waals surface area contributed by atoms with Crippen LogP contribution in [0.25, 0.3) is 5.76 Å². The fourth-order valence-corrected chi connectivity index (χ4v) is 3.63. The first-order valence-corrected chi connectivity index (χ1v) is 9.70. The molecule has 7 nitrogen and oxygen atoms in total. The van der Waals surface area contributed by atoms with Crippen LogP contribution in [-0.2, 0) is 9.59 Å². The monoisotopic (exact) mass is 428 g/mol. The van der Waals surface area contributed by atoms with E-state index in [4.69, 9.17) is 9.47 Å². The molecule has 1 unspecified atom stereocenters. The molecule has 1 aliphatic heterocycles.